The van der Waals surface area contributed by atoms with Crippen LogP contribution in [0.25, 0.3) is 11.3 Å². The number of nitrogens with zero attached hydrogens (tertiary/aromatic N) is 2. The molecule has 1 fully saturated rings. The van der Waals surface area contributed by atoms with Crippen molar-refractivity contribution in [2.24, 2.45) is 0 Å². The predicted molar refractivity (Wildman–Crippen MR) is 142 cm³/mol. The molecule has 1 saturated heterocycles. The Hall–Kier alpha value is -2.50. The number of hydrogen-bond acceptors (Lipinski definition) is 7. The van der Waals surface area contributed by atoms with E-state index in [9.17, 15) is 26.4 Å². The number of esters is 1. The lowest BCUT2D eigenvalue weighted by molar-refractivity contribution is -0.159. The maximum Gasteiger partial charge on any atom is 0.389 e. The van der Waals surface area contributed by atoms with Gasteiger partial charge in [-0.2, -0.15) is 13.2 Å². The summed E-state index contributed by atoms with van der Waals surface area (Å²) in [7, 11) is -2.51. The first-order valence-corrected chi connectivity index (χ1v) is 14.5. The average Bonchev–Trinajstić information content (AvgIpc) is 2.86. The van der Waals surface area contributed by atoms with Gasteiger partial charge in [0.1, 0.15) is 5.60 Å². The molecule has 1 aliphatic heterocycles. The van der Waals surface area contributed by atoms with Gasteiger partial charge in [0.25, 0.3) is 0 Å². The monoisotopic (exact) mass is 570 g/mol. The van der Waals surface area contributed by atoms with Crippen molar-refractivity contribution >= 4 is 15.8 Å². The topological polar surface area (TPSA) is 85.8 Å². The van der Waals surface area contributed by atoms with Crippen LogP contribution in [0.3, 0.4) is 0 Å². The van der Waals surface area contributed by atoms with E-state index in [0.29, 0.717) is 43.1 Å². The summed E-state index contributed by atoms with van der Waals surface area (Å²) in [5.41, 5.74) is 1.06. The second-order valence-corrected chi connectivity index (χ2v) is 13.1. The van der Waals surface area contributed by atoms with E-state index in [-0.39, 0.29) is 30.6 Å². The van der Waals surface area contributed by atoms with Crippen molar-refractivity contribution in [3.63, 3.8) is 0 Å². The molecule has 1 aromatic carbocycles. The Morgan fingerprint density at radius 2 is 1.69 bits per heavy atom. The van der Waals surface area contributed by atoms with Crippen LogP contribution in [0, 0.1) is 0 Å². The molecule has 0 saturated carbocycles. The quantitative estimate of drug-likeness (QED) is 0.362. The number of methoxy groups -OCH3 is 1. The molecule has 11 heteroatoms. The highest BCUT2D eigenvalue weighted by molar-refractivity contribution is 7.93. The maximum atomic E-state index is 14.0. The fourth-order valence-electron chi connectivity index (χ4n) is 4.58. The second kappa shape index (κ2) is 12.3. The predicted octanol–water partition coefficient (Wildman–Crippen LogP) is 5.23. The molecule has 0 amide bonds. The largest absolute Gasteiger partial charge is 0.459 e. The van der Waals surface area contributed by atoms with Gasteiger partial charge in [-0.05, 0) is 70.2 Å². The van der Waals surface area contributed by atoms with Crippen molar-refractivity contribution in [1.29, 1.82) is 0 Å². The minimum Gasteiger partial charge on any atom is -0.459 e. The third-order valence-corrected chi connectivity index (χ3v) is 9.27. The highest BCUT2D eigenvalue weighted by Gasteiger charge is 2.54. The third-order valence-electron chi connectivity index (χ3n) is 6.77. The lowest BCUT2D eigenvalue weighted by Crippen LogP contribution is -2.56. The maximum absolute atomic E-state index is 14.0. The van der Waals surface area contributed by atoms with E-state index in [4.69, 9.17) is 9.47 Å². The molecule has 39 heavy (non-hydrogen) atoms. The lowest BCUT2D eigenvalue weighted by atomic mass is 9.95. The molecule has 0 unspecified atom stereocenters. The van der Waals surface area contributed by atoms with Crippen LogP contribution in [-0.4, -0.2) is 74.1 Å². The Bertz CT molecular complexity index is 1200. The molecule has 216 valence electrons. The zero-order valence-corrected chi connectivity index (χ0v) is 23.7. The first kappa shape index (κ1) is 31.0. The van der Waals surface area contributed by atoms with Gasteiger partial charge in [-0.3, -0.25) is 9.78 Å². The number of hydrogen-bond donors (Lipinski definition) is 0. The van der Waals surface area contributed by atoms with E-state index < -0.39 is 38.8 Å². The zero-order valence-electron chi connectivity index (χ0n) is 22.9. The molecular formula is C28H37F3N2O5S. The van der Waals surface area contributed by atoms with Crippen molar-refractivity contribution in [1.82, 2.24) is 9.88 Å². The zero-order chi connectivity index (χ0) is 28.9. The molecule has 2 aromatic rings. The van der Waals surface area contributed by atoms with Crippen LogP contribution < -0.4 is 0 Å². The van der Waals surface area contributed by atoms with Gasteiger partial charge in [-0.25, -0.2) is 8.42 Å². The molecule has 0 spiro atoms. The Balaban J connectivity index is 1.81. The fourth-order valence-corrected chi connectivity index (χ4v) is 6.51. The Labute approximate surface area is 228 Å². The molecule has 0 aliphatic carbocycles. The molecule has 0 bridgehead atoms. The number of likely N-dealkylation sites (tertiary alicyclic amines) is 1. The van der Waals surface area contributed by atoms with Crippen molar-refractivity contribution in [3.8, 4) is 11.3 Å². The van der Waals surface area contributed by atoms with E-state index in [2.05, 4.69) is 9.88 Å². The van der Waals surface area contributed by atoms with Crippen LogP contribution in [0.15, 0.2) is 47.5 Å². The van der Waals surface area contributed by atoms with Crippen LogP contribution in [0.5, 0.6) is 0 Å². The average molecular weight is 571 g/mol. The first-order chi connectivity index (χ1) is 18.2. The molecule has 0 N–H and O–H groups in total. The fraction of sp³-hybridized carbons (Fsp3) is 0.571. The highest BCUT2D eigenvalue weighted by atomic mass is 32.2. The third kappa shape index (κ3) is 8.02. The van der Waals surface area contributed by atoms with Gasteiger partial charge in [0, 0.05) is 44.9 Å². The number of halogens is 3. The second-order valence-electron chi connectivity index (χ2n) is 10.9. The smallest absolute Gasteiger partial charge is 0.389 e. The van der Waals surface area contributed by atoms with E-state index >= 15 is 0 Å². The molecule has 0 atom stereocenters. The number of pyridine rings is 1. The summed E-state index contributed by atoms with van der Waals surface area (Å²) < 4.78 is 74.2. The summed E-state index contributed by atoms with van der Waals surface area (Å²) in [4.78, 5) is 19.8. The molecule has 0 radical (unpaired) electrons. The van der Waals surface area contributed by atoms with E-state index in [1.165, 1.54) is 18.3 Å². The van der Waals surface area contributed by atoms with Gasteiger partial charge in [-0.15, -0.1) is 0 Å². The number of carbonyl (C=O) groups is 1. The summed E-state index contributed by atoms with van der Waals surface area (Å²) in [5.74, 6) is -0.742. The molecule has 3 rings (SSSR count). The number of piperidine rings is 1. The van der Waals surface area contributed by atoms with Gasteiger partial charge < -0.3 is 14.4 Å². The van der Waals surface area contributed by atoms with Gasteiger partial charge >= 0.3 is 12.1 Å². The van der Waals surface area contributed by atoms with Crippen LogP contribution in [0.1, 0.15) is 52.0 Å². The molecule has 7 nitrogen and oxygen atoms in total. The highest BCUT2D eigenvalue weighted by Crippen LogP contribution is 2.38. The van der Waals surface area contributed by atoms with Gasteiger partial charge in [0.15, 0.2) is 14.6 Å². The number of aryl methyl sites for hydroxylation is 1. The van der Waals surface area contributed by atoms with Gasteiger partial charge in [-0.1, -0.05) is 18.2 Å². The SMILES string of the molecule is COCCN1CCC(C(=O)OC(C)(C)C)(S(=O)(=O)c2ccc(-c3ccc(CCCC(F)(F)F)cn3)cc2)CC1. The van der Waals surface area contributed by atoms with Gasteiger partial charge in [0.2, 0.25) is 0 Å². The molecule has 1 aliphatic rings. The summed E-state index contributed by atoms with van der Waals surface area (Å²) in [6, 6.07) is 9.59. The minimum atomic E-state index is -4.18. The molecule has 1 aromatic heterocycles. The number of rotatable bonds is 10. The summed E-state index contributed by atoms with van der Waals surface area (Å²) in [6.45, 7) is 7.12. The number of aromatic nitrogens is 1. The van der Waals surface area contributed by atoms with E-state index in [1.54, 1.807) is 52.1 Å². The van der Waals surface area contributed by atoms with Crippen molar-refractivity contribution in [3.05, 3.63) is 48.2 Å². The Morgan fingerprint density at radius 3 is 2.21 bits per heavy atom. The number of sulfone groups is 1. The van der Waals surface area contributed by atoms with Crippen LogP contribution in [-0.2, 0) is 30.5 Å². The molecule has 2 heterocycles. The van der Waals surface area contributed by atoms with Crippen LogP contribution in [0.4, 0.5) is 13.2 Å². The number of carbonyl (C=O) groups excluding carboxylic acids is 1. The normalized spacial score (nSPS) is 16.7. The first-order valence-electron chi connectivity index (χ1n) is 13.0. The van der Waals surface area contributed by atoms with Crippen molar-refractivity contribution in [2.45, 2.75) is 74.3 Å². The lowest BCUT2D eigenvalue weighted by Gasteiger charge is -2.40. The minimum absolute atomic E-state index is 0.0133. The Morgan fingerprint density at radius 1 is 1.05 bits per heavy atom. The van der Waals surface area contributed by atoms with Crippen molar-refractivity contribution in [2.75, 3.05) is 33.4 Å². The number of benzene rings is 1. The number of ether oxygens (including phenoxy) is 2. The summed E-state index contributed by atoms with van der Waals surface area (Å²) >= 11 is 0. The Kier molecular flexibility index (Phi) is 9.82. The standard InChI is InChI=1S/C28H37F3N2O5S/c1-26(2,3)38-25(34)27(14-16-33(17-15-27)18-19-37-4)39(35,36)23-10-8-22(9-11-23)24-12-7-21(20-32-24)6-5-13-28(29,30)31/h7-12,20H,5-6,13-19H2,1-4H3. The van der Waals surface area contributed by atoms with Crippen LogP contribution in [0.2, 0.25) is 0 Å². The molecular weight excluding hydrogens is 533 g/mol. The summed E-state index contributed by atoms with van der Waals surface area (Å²) in [5, 5.41) is 0. The van der Waals surface area contributed by atoms with E-state index in [1.807, 2.05) is 0 Å². The van der Waals surface area contributed by atoms with E-state index in [0.717, 1.165) is 0 Å². The van der Waals surface area contributed by atoms with Crippen molar-refractivity contribution < 1.29 is 35.9 Å². The van der Waals surface area contributed by atoms with Crippen LogP contribution >= 0.6 is 0 Å². The number of alkyl halides is 3. The summed E-state index contributed by atoms with van der Waals surface area (Å²) in [6.07, 6.45) is -3.04. The van der Waals surface area contributed by atoms with Gasteiger partial charge in [0.05, 0.1) is 17.2 Å².